The number of aromatic nitrogens is 4. The summed E-state index contributed by atoms with van der Waals surface area (Å²) in [5, 5.41) is 18.6. The van der Waals surface area contributed by atoms with Crippen molar-refractivity contribution in [3.63, 3.8) is 0 Å². The highest BCUT2D eigenvalue weighted by Gasteiger charge is 2.35. The van der Waals surface area contributed by atoms with Gasteiger partial charge in [0.05, 0.1) is 11.1 Å². The Balaban J connectivity index is 1.66. The van der Waals surface area contributed by atoms with Gasteiger partial charge in [0.15, 0.2) is 11.5 Å². The molecule has 8 nitrogen and oxygen atoms in total. The molecule has 8 heteroatoms. The standard InChI is InChI=1S/C20H16N6O2/c1-12(27)25-17(11-16(23-25)13-7-3-2-4-8-13)19-22-21-18-14-9-5-6-10-15(14)20(28)24-26(18)19/h2-10,17H,11H2,1H3,(H,24,28). The van der Waals surface area contributed by atoms with Crippen LogP contribution in [-0.4, -0.2) is 36.4 Å². The zero-order valence-electron chi connectivity index (χ0n) is 15.0. The van der Waals surface area contributed by atoms with Crippen LogP contribution in [0.5, 0.6) is 0 Å². The summed E-state index contributed by atoms with van der Waals surface area (Å²) in [6, 6.07) is 16.5. The highest BCUT2D eigenvalue weighted by molar-refractivity contribution is 6.03. The molecule has 5 rings (SSSR count). The van der Waals surface area contributed by atoms with Crippen molar-refractivity contribution in [2.24, 2.45) is 5.10 Å². The number of nitrogens with zero attached hydrogens (tertiary/aromatic N) is 5. The minimum atomic E-state index is -0.445. The van der Waals surface area contributed by atoms with Gasteiger partial charge in [0.1, 0.15) is 6.04 Å². The van der Waals surface area contributed by atoms with E-state index in [4.69, 9.17) is 0 Å². The molecule has 4 aromatic rings. The van der Waals surface area contributed by atoms with Gasteiger partial charge in [0, 0.05) is 18.7 Å². The van der Waals surface area contributed by atoms with E-state index < -0.39 is 6.04 Å². The second-order valence-electron chi connectivity index (χ2n) is 6.70. The minimum absolute atomic E-state index is 0.198. The van der Waals surface area contributed by atoms with Gasteiger partial charge in [-0.1, -0.05) is 48.5 Å². The molecule has 2 aromatic heterocycles. The number of carbonyl (C=O) groups excluding carboxylic acids is 1. The average Bonchev–Trinajstić information content (AvgIpc) is 3.33. The summed E-state index contributed by atoms with van der Waals surface area (Å²) < 4.78 is 1.56. The van der Waals surface area contributed by atoms with Gasteiger partial charge in [0.25, 0.3) is 5.56 Å². The van der Waals surface area contributed by atoms with Crippen LogP contribution in [-0.2, 0) is 4.79 Å². The maximum atomic E-state index is 12.5. The molecule has 1 amide bonds. The molecule has 1 atom stereocenters. The average molecular weight is 372 g/mol. The first-order valence-corrected chi connectivity index (χ1v) is 8.92. The SMILES string of the molecule is CC(=O)N1N=C(c2ccccc2)CC1c1nnc2c3ccccc3c(=O)[nH]n12. The summed E-state index contributed by atoms with van der Waals surface area (Å²) in [5.41, 5.74) is 2.05. The first-order valence-electron chi connectivity index (χ1n) is 8.92. The van der Waals surface area contributed by atoms with E-state index in [0.29, 0.717) is 28.7 Å². The number of amides is 1. The van der Waals surface area contributed by atoms with Crippen molar-refractivity contribution in [2.75, 3.05) is 0 Å². The molecular formula is C20H16N6O2. The Morgan fingerprint density at radius 1 is 1.04 bits per heavy atom. The largest absolute Gasteiger partial charge is 0.273 e. The van der Waals surface area contributed by atoms with Crippen LogP contribution >= 0.6 is 0 Å². The molecular weight excluding hydrogens is 356 g/mol. The van der Waals surface area contributed by atoms with Gasteiger partial charge in [-0.2, -0.15) is 5.10 Å². The number of hydrogen-bond donors (Lipinski definition) is 1. The number of fused-ring (bicyclic) bond motifs is 3. The fourth-order valence-electron chi connectivity index (χ4n) is 3.64. The summed E-state index contributed by atoms with van der Waals surface area (Å²) in [5.74, 6) is 0.276. The quantitative estimate of drug-likeness (QED) is 0.584. The number of hydrazone groups is 1. The van der Waals surface area contributed by atoms with Crippen molar-refractivity contribution in [3.8, 4) is 0 Å². The Kier molecular flexibility index (Phi) is 3.58. The predicted octanol–water partition coefficient (Wildman–Crippen LogP) is 2.27. The number of H-pyrrole nitrogens is 1. The first kappa shape index (κ1) is 16.4. The molecule has 0 spiro atoms. The van der Waals surface area contributed by atoms with Crippen LogP contribution in [0.2, 0.25) is 0 Å². The van der Waals surface area contributed by atoms with E-state index in [1.54, 1.807) is 16.6 Å². The van der Waals surface area contributed by atoms with Crippen molar-refractivity contribution >= 4 is 28.0 Å². The normalized spacial score (nSPS) is 16.7. The van der Waals surface area contributed by atoms with Gasteiger partial charge in [-0.15, -0.1) is 10.2 Å². The monoisotopic (exact) mass is 372 g/mol. The summed E-state index contributed by atoms with van der Waals surface area (Å²) in [6.45, 7) is 1.46. The summed E-state index contributed by atoms with van der Waals surface area (Å²) in [7, 11) is 0. The van der Waals surface area contributed by atoms with E-state index in [2.05, 4.69) is 20.4 Å². The van der Waals surface area contributed by atoms with Crippen LogP contribution in [0.3, 0.4) is 0 Å². The molecule has 1 N–H and O–H groups in total. The van der Waals surface area contributed by atoms with Gasteiger partial charge in [-0.3, -0.25) is 14.7 Å². The van der Waals surface area contributed by atoms with Gasteiger partial charge in [-0.05, 0) is 11.6 Å². The Bertz CT molecular complexity index is 1300. The number of aromatic amines is 1. The van der Waals surface area contributed by atoms with Crippen molar-refractivity contribution in [1.29, 1.82) is 0 Å². The number of carbonyl (C=O) groups is 1. The Labute approximate surface area is 159 Å². The number of hydrogen-bond acceptors (Lipinski definition) is 5. The van der Waals surface area contributed by atoms with E-state index in [9.17, 15) is 9.59 Å². The molecule has 0 saturated carbocycles. The third-order valence-corrected chi connectivity index (χ3v) is 4.95. The molecule has 138 valence electrons. The molecule has 0 bridgehead atoms. The maximum Gasteiger partial charge on any atom is 0.270 e. The van der Waals surface area contributed by atoms with E-state index >= 15 is 0 Å². The van der Waals surface area contributed by atoms with Gasteiger partial charge in [0.2, 0.25) is 5.91 Å². The second kappa shape index (κ2) is 6.12. The van der Waals surface area contributed by atoms with Crippen molar-refractivity contribution in [1.82, 2.24) is 24.8 Å². The third-order valence-electron chi connectivity index (χ3n) is 4.95. The van der Waals surface area contributed by atoms with E-state index in [1.807, 2.05) is 42.5 Å². The summed E-state index contributed by atoms with van der Waals surface area (Å²) >= 11 is 0. The molecule has 1 aliphatic heterocycles. The topological polar surface area (TPSA) is 95.7 Å². The molecule has 2 aromatic carbocycles. The lowest BCUT2D eigenvalue weighted by molar-refractivity contribution is -0.130. The summed E-state index contributed by atoms with van der Waals surface area (Å²) in [6.07, 6.45) is 0.485. The predicted molar refractivity (Wildman–Crippen MR) is 104 cm³/mol. The molecule has 0 saturated heterocycles. The fourth-order valence-corrected chi connectivity index (χ4v) is 3.64. The zero-order chi connectivity index (χ0) is 19.3. The third kappa shape index (κ3) is 2.42. The lowest BCUT2D eigenvalue weighted by atomic mass is 10.0. The highest BCUT2D eigenvalue weighted by Crippen LogP contribution is 2.32. The smallest absolute Gasteiger partial charge is 0.270 e. The second-order valence-corrected chi connectivity index (χ2v) is 6.70. The van der Waals surface area contributed by atoms with Crippen molar-refractivity contribution < 1.29 is 4.79 Å². The molecule has 0 radical (unpaired) electrons. The van der Waals surface area contributed by atoms with E-state index in [-0.39, 0.29) is 11.5 Å². The highest BCUT2D eigenvalue weighted by atomic mass is 16.2. The van der Waals surface area contributed by atoms with E-state index in [1.165, 1.54) is 11.9 Å². The molecule has 0 fully saturated rings. The lowest BCUT2D eigenvalue weighted by Crippen LogP contribution is -2.27. The molecule has 28 heavy (non-hydrogen) atoms. The number of benzene rings is 2. The zero-order valence-corrected chi connectivity index (χ0v) is 15.0. The number of rotatable bonds is 2. The number of nitrogens with one attached hydrogen (secondary N) is 1. The van der Waals surface area contributed by atoms with Gasteiger partial charge >= 0.3 is 0 Å². The molecule has 1 aliphatic rings. The molecule has 3 heterocycles. The van der Waals surface area contributed by atoms with Crippen LogP contribution in [0.4, 0.5) is 0 Å². The van der Waals surface area contributed by atoms with Crippen LogP contribution in [0.25, 0.3) is 16.4 Å². The first-order chi connectivity index (χ1) is 13.6. The van der Waals surface area contributed by atoms with Crippen molar-refractivity contribution in [3.05, 3.63) is 76.3 Å². The van der Waals surface area contributed by atoms with Crippen molar-refractivity contribution in [2.45, 2.75) is 19.4 Å². The Hall–Kier alpha value is -3.81. The minimum Gasteiger partial charge on any atom is -0.273 e. The lowest BCUT2D eigenvalue weighted by Gasteiger charge is -2.18. The molecule has 1 unspecified atom stereocenters. The Morgan fingerprint density at radius 3 is 2.50 bits per heavy atom. The Morgan fingerprint density at radius 2 is 1.75 bits per heavy atom. The van der Waals surface area contributed by atoms with Crippen LogP contribution in [0.15, 0.2) is 64.5 Å². The summed E-state index contributed by atoms with van der Waals surface area (Å²) in [4.78, 5) is 24.8. The van der Waals surface area contributed by atoms with Crippen LogP contribution in [0, 0.1) is 0 Å². The van der Waals surface area contributed by atoms with Crippen LogP contribution in [0.1, 0.15) is 30.8 Å². The fraction of sp³-hybridized carbons (Fsp3) is 0.150. The van der Waals surface area contributed by atoms with Gasteiger partial charge in [-0.25, -0.2) is 9.52 Å². The maximum absolute atomic E-state index is 12.5. The van der Waals surface area contributed by atoms with Gasteiger partial charge < -0.3 is 0 Å². The van der Waals surface area contributed by atoms with Crippen LogP contribution < -0.4 is 5.56 Å². The van der Waals surface area contributed by atoms with E-state index in [0.717, 1.165) is 11.3 Å². The molecule has 0 aliphatic carbocycles.